The van der Waals surface area contributed by atoms with E-state index in [0.717, 1.165) is 25.7 Å². The Labute approximate surface area is 124 Å². The molecule has 7 heteroatoms. The molecule has 0 spiro atoms. The van der Waals surface area contributed by atoms with Crippen LogP contribution < -0.4 is 5.73 Å². The molecular weight excluding hydrogens is 292 g/mol. The number of aromatic carboxylic acids is 1. The van der Waals surface area contributed by atoms with Gasteiger partial charge in [-0.3, -0.25) is 0 Å². The van der Waals surface area contributed by atoms with Crippen molar-refractivity contribution >= 4 is 21.7 Å². The molecule has 21 heavy (non-hydrogen) atoms. The first kappa shape index (κ1) is 15.8. The molecule has 0 heterocycles. The van der Waals surface area contributed by atoms with Crippen molar-refractivity contribution in [1.29, 1.82) is 0 Å². The monoisotopic (exact) mass is 312 g/mol. The molecule has 1 fully saturated rings. The highest BCUT2D eigenvalue weighted by Gasteiger charge is 2.34. The van der Waals surface area contributed by atoms with Crippen molar-refractivity contribution in [2.75, 3.05) is 12.3 Å². The number of hydrogen-bond donors (Lipinski definition) is 2. The summed E-state index contributed by atoms with van der Waals surface area (Å²) >= 11 is 0. The van der Waals surface area contributed by atoms with Crippen LogP contribution >= 0.6 is 0 Å². The van der Waals surface area contributed by atoms with E-state index in [1.807, 2.05) is 0 Å². The van der Waals surface area contributed by atoms with Crippen molar-refractivity contribution in [2.24, 2.45) is 0 Å². The zero-order valence-corrected chi connectivity index (χ0v) is 12.8. The zero-order chi connectivity index (χ0) is 15.6. The topological polar surface area (TPSA) is 101 Å². The average Bonchev–Trinajstić information content (AvgIpc) is 2.92. The molecule has 1 aliphatic carbocycles. The van der Waals surface area contributed by atoms with Gasteiger partial charge in [-0.05, 0) is 31.0 Å². The van der Waals surface area contributed by atoms with Crippen LogP contribution in [0.4, 0.5) is 5.69 Å². The van der Waals surface area contributed by atoms with Gasteiger partial charge in [-0.1, -0.05) is 19.8 Å². The van der Waals surface area contributed by atoms with Gasteiger partial charge in [0, 0.05) is 18.3 Å². The second-order valence-corrected chi connectivity index (χ2v) is 7.07. The fraction of sp³-hybridized carbons (Fsp3) is 0.500. The molecule has 0 bridgehead atoms. The first-order valence-corrected chi connectivity index (χ1v) is 8.46. The molecule has 0 amide bonds. The number of nitrogen functional groups attached to an aromatic ring is 1. The van der Waals surface area contributed by atoms with E-state index in [9.17, 15) is 18.3 Å². The van der Waals surface area contributed by atoms with Crippen LogP contribution in [0, 0.1) is 0 Å². The fourth-order valence-electron chi connectivity index (χ4n) is 2.88. The van der Waals surface area contributed by atoms with Crippen LogP contribution in [0.15, 0.2) is 23.1 Å². The summed E-state index contributed by atoms with van der Waals surface area (Å²) in [5, 5.41) is 9.23. The lowest BCUT2D eigenvalue weighted by atomic mass is 10.2. The molecule has 1 aromatic rings. The first-order chi connectivity index (χ1) is 9.87. The Bertz CT molecular complexity index is 636. The Morgan fingerprint density at radius 3 is 2.52 bits per heavy atom. The predicted molar refractivity (Wildman–Crippen MR) is 79.6 cm³/mol. The van der Waals surface area contributed by atoms with Crippen molar-refractivity contribution < 1.29 is 18.3 Å². The fourth-order valence-corrected chi connectivity index (χ4v) is 4.74. The van der Waals surface area contributed by atoms with E-state index in [4.69, 9.17) is 5.73 Å². The van der Waals surface area contributed by atoms with Gasteiger partial charge in [-0.2, -0.15) is 4.31 Å². The first-order valence-electron chi connectivity index (χ1n) is 7.02. The Morgan fingerprint density at radius 1 is 1.38 bits per heavy atom. The Hall–Kier alpha value is -1.60. The van der Waals surface area contributed by atoms with Crippen LogP contribution in [0.5, 0.6) is 0 Å². The predicted octanol–water partition coefficient (Wildman–Crippen LogP) is 1.92. The van der Waals surface area contributed by atoms with Gasteiger partial charge in [-0.15, -0.1) is 0 Å². The van der Waals surface area contributed by atoms with Crippen molar-refractivity contribution in [1.82, 2.24) is 4.31 Å². The molecule has 0 radical (unpaired) electrons. The van der Waals surface area contributed by atoms with E-state index in [1.54, 1.807) is 6.92 Å². The number of hydrogen-bond acceptors (Lipinski definition) is 4. The van der Waals surface area contributed by atoms with E-state index in [1.165, 1.54) is 22.5 Å². The van der Waals surface area contributed by atoms with E-state index >= 15 is 0 Å². The quantitative estimate of drug-likeness (QED) is 0.809. The molecule has 3 N–H and O–H groups in total. The van der Waals surface area contributed by atoms with Gasteiger partial charge in [0.25, 0.3) is 0 Å². The van der Waals surface area contributed by atoms with Crippen LogP contribution in [0.3, 0.4) is 0 Å². The number of nitrogens with zero attached hydrogens (tertiary/aromatic N) is 1. The van der Waals surface area contributed by atoms with Crippen LogP contribution in [0.25, 0.3) is 0 Å². The summed E-state index contributed by atoms with van der Waals surface area (Å²) in [5.74, 6) is -1.29. The van der Waals surface area contributed by atoms with E-state index in [0.29, 0.717) is 6.54 Å². The molecule has 2 rings (SSSR count). The number of rotatable bonds is 5. The normalized spacial score (nSPS) is 16.5. The Balaban J connectivity index is 2.49. The maximum absolute atomic E-state index is 12.8. The molecule has 0 atom stereocenters. The number of carboxylic acids is 1. The SMILES string of the molecule is CCN(C1CCCC1)S(=O)(=O)c1ccc(N)cc1C(=O)O. The molecule has 6 nitrogen and oxygen atoms in total. The van der Waals surface area contributed by atoms with Gasteiger partial charge in [0.05, 0.1) is 10.5 Å². The van der Waals surface area contributed by atoms with Gasteiger partial charge in [0.15, 0.2) is 0 Å². The largest absolute Gasteiger partial charge is 0.478 e. The number of nitrogens with two attached hydrogens (primary N) is 1. The highest BCUT2D eigenvalue weighted by molar-refractivity contribution is 7.89. The lowest BCUT2D eigenvalue weighted by Gasteiger charge is -2.27. The molecule has 116 valence electrons. The minimum Gasteiger partial charge on any atom is -0.478 e. The molecule has 1 saturated carbocycles. The second kappa shape index (κ2) is 6.03. The molecule has 1 aliphatic rings. The molecule has 1 aromatic carbocycles. The average molecular weight is 312 g/mol. The summed E-state index contributed by atoms with van der Waals surface area (Å²) in [7, 11) is -3.83. The summed E-state index contributed by atoms with van der Waals surface area (Å²) < 4.78 is 27.0. The molecule has 0 aromatic heterocycles. The van der Waals surface area contributed by atoms with E-state index < -0.39 is 16.0 Å². The summed E-state index contributed by atoms with van der Waals surface area (Å²) in [6.07, 6.45) is 3.66. The lowest BCUT2D eigenvalue weighted by molar-refractivity contribution is 0.0692. The van der Waals surface area contributed by atoms with Gasteiger partial charge in [0.2, 0.25) is 10.0 Å². The zero-order valence-electron chi connectivity index (χ0n) is 11.9. The molecule has 0 unspecified atom stereocenters. The van der Waals surface area contributed by atoms with Crippen molar-refractivity contribution in [2.45, 2.75) is 43.5 Å². The maximum Gasteiger partial charge on any atom is 0.337 e. The van der Waals surface area contributed by atoms with Crippen LogP contribution in [0.1, 0.15) is 43.0 Å². The minimum absolute atomic E-state index is 0.0424. The summed E-state index contributed by atoms with van der Waals surface area (Å²) in [6, 6.07) is 3.85. The van der Waals surface area contributed by atoms with Crippen molar-refractivity contribution in [3.8, 4) is 0 Å². The highest BCUT2D eigenvalue weighted by atomic mass is 32.2. The van der Waals surface area contributed by atoms with Gasteiger partial charge < -0.3 is 10.8 Å². The standard InChI is InChI=1S/C14H20N2O4S/c1-2-16(11-5-3-4-6-11)21(19,20)13-8-7-10(15)9-12(13)14(17)18/h7-9,11H,2-6,15H2,1H3,(H,17,18). The minimum atomic E-state index is -3.83. The number of sulfonamides is 1. The van der Waals surface area contributed by atoms with Gasteiger partial charge in [-0.25, -0.2) is 13.2 Å². The van der Waals surface area contributed by atoms with Gasteiger partial charge >= 0.3 is 5.97 Å². The van der Waals surface area contributed by atoms with E-state index in [2.05, 4.69) is 0 Å². The third-order valence-corrected chi connectivity index (χ3v) is 5.95. The summed E-state index contributed by atoms with van der Waals surface area (Å²) in [4.78, 5) is 11.1. The molecule has 0 aliphatic heterocycles. The van der Waals surface area contributed by atoms with Gasteiger partial charge in [0.1, 0.15) is 0 Å². The Kier molecular flexibility index (Phi) is 4.53. The smallest absolute Gasteiger partial charge is 0.337 e. The lowest BCUT2D eigenvalue weighted by Crippen LogP contribution is -2.39. The summed E-state index contributed by atoms with van der Waals surface area (Å²) in [6.45, 7) is 2.10. The van der Waals surface area contributed by atoms with Crippen LogP contribution in [-0.4, -0.2) is 36.4 Å². The third-order valence-electron chi connectivity index (χ3n) is 3.86. The Morgan fingerprint density at radius 2 is 2.00 bits per heavy atom. The maximum atomic E-state index is 12.8. The van der Waals surface area contributed by atoms with Crippen LogP contribution in [0.2, 0.25) is 0 Å². The molecular formula is C14H20N2O4S. The van der Waals surface area contributed by atoms with Crippen molar-refractivity contribution in [3.63, 3.8) is 0 Å². The number of carboxylic acid groups (broad SMARTS) is 1. The van der Waals surface area contributed by atoms with E-state index in [-0.39, 0.29) is 22.2 Å². The van der Waals surface area contributed by atoms with Crippen molar-refractivity contribution in [3.05, 3.63) is 23.8 Å². The second-order valence-electron chi connectivity index (χ2n) is 5.21. The number of benzene rings is 1. The third kappa shape index (κ3) is 3.03. The summed E-state index contributed by atoms with van der Waals surface area (Å²) in [5.41, 5.74) is 5.53. The van der Waals surface area contributed by atoms with Crippen LogP contribution in [-0.2, 0) is 10.0 Å². The molecule has 0 saturated heterocycles. The number of anilines is 1. The number of carbonyl (C=O) groups is 1. The highest BCUT2D eigenvalue weighted by Crippen LogP contribution is 2.30.